The van der Waals surface area contributed by atoms with Gasteiger partial charge in [0.05, 0.1) is 11.4 Å². The zero-order chi connectivity index (χ0) is 13.3. The first-order valence-corrected chi connectivity index (χ1v) is 7.73. The molecule has 1 amide bonds. The molecule has 0 atom stereocenters. The lowest BCUT2D eigenvalue weighted by Gasteiger charge is -2.29. The van der Waals surface area contributed by atoms with E-state index in [0.717, 1.165) is 6.26 Å². The Kier molecular flexibility index (Phi) is 3.30. The van der Waals surface area contributed by atoms with Crippen molar-refractivity contribution in [3.8, 4) is 5.75 Å². The number of hydrogen-bond acceptors (Lipinski definition) is 4. The second-order valence-electron chi connectivity index (χ2n) is 4.45. The largest absolute Gasteiger partial charge is 0.508 e. The number of sulfone groups is 1. The summed E-state index contributed by atoms with van der Waals surface area (Å²) in [5, 5.41) is 9.73. The van der Waals surface area contributed by atoms with Gasteiger partial charge in [-0.3, -0.25) is 4.79 Å². The topological polar surface area (TPSA) is 74.7 Å². The first kappa shape index (κ1) is 12.9. The Hall–Kier alpha value is -1.56. The normalized spacial score (nSPS) is 15.6. The van der Waals surface area contributed by atoms with E-state index in [0.29, 0.717) is 24.1 Å². The van der Waals surface area contributed by atoms with E-state index in [1.54, 1.807) is 18.2 Å². The molecule has 2 rings (SSSR count). The maximum atomic E-state index is 11.8. The Morgan fingerprint density at radius 1 is 1.33 bits per heavy atom. The number of rotatable bonds is 3. The summed E-state index contributed by atoms with van der Waals surface area (Å²) in [4.78, 5) is 13.3. The first-order valence-electron chi connectivity index (χ1n) is 5.67. The molecular formula is C12H15NO4S. The van der Waals surface area contributed by atoms with Gasteiger partial charge in [0.1, 0.15) is 15.6 Å². The van der Waals surface area contributed by atoms with E-state index >= 15 is 0 Å². The van der Waals surface area contributed by atoms with E-state index in [2.05, 4.69) is 0 Å². The van der Waals surface area contributed by atoms with E-state index in [4.69, 9.17) is 0 Å². The fourth-order valence-electron chi connectivity index (χ4n) is 2.08. The quantitative estimate of drug-likeness (QED) is 0.877. The third-order valence-electron chi connectivity index (χ3n) is 2.99. The van der Waals surface area contributed by atoms with E-state index in [-0.39, 0.29) is 24.0 Å². The lowest BCUT2D eigenvalue weighted by molar-refractivity contribution is -0.118. The van der Waals surface area contributed by atoms with Crippen LogP contribution in [0.15, 0.2) is 18.2 Å². The highest BCUT2D eigenvalue weighted by atomic mass is 32.2. The van der Waals surface area contributed by atoms with Crippen LogP contribution >= 0.6 is 0 Å². The Labute approximate surface area is 106 Å². The van der Waals surface area contributed by atoms with Gasteiger partial charge in [0.25, 0.3) is 0 Å². The molecule has 1 aromatic rings. The summed E-state index contributed by atoms with van der Waals surface area (Å²) in [7, 11) is -3.12. The van der Waals surface area contributed by atoms with Crippen LogP contribution in [0.5, 0.6) is 5.75 Å². The van der Waals surface area contributed by atoms with Crippen LogP contribution in [-0.4, -0.2) is 38.0 Å². The van der Waals surface area contributed by atoms with Crippen molar-refractivity contribution in [3.63, 3.8) is 0 Å². The van der Waals surface area contributed by atoms with E-state index in [1.165, 1.54) is 4.90 Å². The standard InChI is InChI=1S/C12H15NO4S/c1-18(16,17)8-7-13-10-3-2-4-11(14)9(10)5-6-12(13)15/h2-4,14H,5-8H2,1H3. The van der Waals surface area contributed by atoms with Crippen LogP contribution in [0.1, 0.15) is 12.0 Å². The Morgan fingerprint density at radius 3 is 2.72 bits per heavy atom. The molecule has 98 valence electrons. The summed E-state index contributed by atoms with van der Waals surface area (Å²) in [6.45, 7) is 0.133. The summed E-state index contributed by atoms with van der Waals surface area (Å²) >= 11 is 0. The highest BCUT2D eigenvalue weighted by Crippen LogP contribution is 2.33. The highest BCUT2D eigenvalue weighted by molar-refractivity contribution is 7.90. The minimum atomic E-state index is -3.12. The van der Waals surface area contributed by atoms with Crippen molar-refractivity contribution in [2.75, 3.05) is 23.5 Å². The molecular weight excluding hydrogens is 254 g/mol. The second kappa shape index (κ2) is 4.61. The number of anilines is 1. The van der Waals surface area contributed by atoms with Crippen molar-refractivity contribution in [2.45, 2.75) is 12.8 Å². The van der Waals surface area contributed by atoms with E-state index < -0.39 is 9.84 Å². The van der Waals surface area contributed by atoms with Crippen molar-refractivity contribution >= 4 is 21.4 Å². The van der Waals surface area contributed by atoms with Gasteiger partial charge >= 0.3 is 0 Å². The zero-order valence-electron chi connectivity index (χ0n) is 10.1. The minimum Gasteiger partial charge on any atom is -0.508 e. The Bertz CT molecular complexity index is 580. The molecule has 1 heterocycles. The lowest BCUT2D eigenvalue weighted by atomic mass is 10.0. The number of phenolic OH excluding ortho intramolecular Hbond substituents is 1. The van der Waals surface area contributed by atoms with Crippen LogP contribution < -0.4 is 4.90 Å². The third-order valence-corrected chi connectivity index (χ3v) is 3.92. The van der Waals surface area contributed by atoms with Crippen LogP contribution in [-0.2, 0) is 21.1 Å². The first-order chi connectivity index (χ1) is 8.38. The van der Waals surface area contributed by atoms with Gasteiger partial charge in [0.15, 0.2) is 0 Å². The number of fused-ring (bicyclic) bond motifs is 1. The van der Waals surface area contributed by atoms with Gasteiger partial charge in [-0.25, -0.2) is 8.42 Å². The summed E-state index contributed by atoms with van der Waals surface area (Å²) in [5.41, 5.74) is 1.33. The zero-order valence-corrected chi connectivity index (χ0v) is 10.9. The van der Waals surface area contributed by atoms with E-state index in [9.17, 15) is 18.3 Å². The highest BCUT2D eigenvalue weighted by Gasteiger charge is 2.26. The molecule has 0 bridgehead atoms. The van der Waals surface area contributed by atoms with Gasteiger partial charge in [0, 0.05) is 24.8 Å². The molecule has 0 spiro atoms. The number of aromatic hydroxyl groups is 1. The van der Waals surface area contributed by atoms with Crippen molar-refractivity contribution in [1.82, 2.24) is 0 Å². The monoisotopic (exact) mass is 269 g/mol. The number of carbonyl (C=O) groups is 1. The second-order valence-corrected chi connectivity index (χ2v) is 6.71. The van der Waals surface area contributed by atoms with E-state index in [1.807, 2.05) is 0 Å². The van der Waals surface area contributed by atoms with Gasteiger partial charge in [-0.2, -0.15) is 0 Å². The van der Waals surface area contributed by atoms with Crippen LogP contribution in [0, 0.1) is 0 Å². The van der Waals surface area contributed by atoms with Crippen molar-refractivity contribution in [2.24, 2.45) is 0 Å². The molecule has 0 fully saturated rings. The predicted molar refractivity (Wildman–Crippen MR) is 68.5 cm³/mol. The number of carbonyl (C=O) groups excluding carboxylic acids is 1. The SMILES string of the molecule is CS(=O)(=O)CCN1C(=O)CCc2c(O)cccc21. The molecule has 0 saturated heterocycles. The molecule has 1 N–H and O–H groups in total. The molecule has 0 saturated carbocycles. The number of benzene rings is 1. The molecule has 0 radical (unpaired) electrons. The average molecular weight is 269 g/mol. The average Bonchev–Trinajstić information content (AvgIpc) is 2.26. The fraction of sp³-hybridized carbons (Fsp3) is 0.417. The molecule has 18 heavy (non-hydrogen) atoms. The Balaban J connectivity index is 2.31. The summed E-state index contributed by atoms with van der Waals surface area (Å²) in [6.07, 6.45) is 1.94. The molecule has 1 aliphatic heterocycles. The third kappa shape index (κ3) is 2.64. The molecule has 1 aliphatic rings. The number of nitrogens with zero attached hydrogens (tertiary/aromatic N) is 1. The summed E-state index contributed by atoms with van der Waals surface area (Å²) < 4.78 is 22.3. The number of hydrogen-bond donors (Lipinski definition) is 1. The van der Waals surface area contributed by atoms with Gasteiger partial charge in [0.2, 0.25) is 5.91 Å². The van der Waals surface area contributed by atoms with Crippen LogP contribution in [0.4, 0.5) is 5.69 Å². The fourth-order valence-corrected chi connectivity index (χ4v) is 2.59. The van der Waals surface area contributed by atoms with Gasteiger partial charge in [-0.1, -0.05) is 6.07 Å². The van der Waals surface area contributed by atoms with Crippen LogP contribution in [0.3, 0.4) is 0 Å². The lowest BCUT2D eigenvalue weighted by Crippen LogP contribution is -2.38. The van der Waals surface area contributed by atoms with Crippen LogP contribution in [0.2, 0.25) is 0 Å². The molecule has 5 nitrogen and oxygen atoms in total. The van der Waals surface area contributed by atoms with Gasteiger partial charge in [-0.05, 0) is 18.6 Å². The maximum absolute atomic E-state index is 11.8. The molecule has 1 aromatic carbocycles. The Morgan fingerprint density at radius 2 is 2.06 bits per heavy atom. The van der Waals surface area contributed by atoms with Gasteiger partial charge in [-0.15, -0.1) is 0 Å². The van der Waals surface area contributed by atoms with Crippen molar-refractivity contribution in [3.05, 3.63) is 23.8 Å². The maximum Gasteiger partial charge on any atom is 0.227 e. The van der Waals surface area contributed by atoms with Crippen LogP contribution in [0.25, 0.3) is 0 Å². The summed E-state index contributed by atoms with van der Waals surface area (Å²) in [6, 6.07) is 4.96. The molecule has 6 heteroatoms. The van der Waals surface area contributed by atoms with Gasteiger partial charge < -0.3 is 10.0 Å². The smallest absolute Gasteiger partial charge is 0.227 e. The van der Waals surface area contributed by atoms with Crippen molar-refractivity contribution < 1.29 is 18.3 Å². The molecule has 0 unspecified atom stereocenters. The predicted octanol–water partition coefficient (Wildman–Crippen LogP) is 0.716. The number of amides is 1. The van der Waals surface area contributed by atoms with Crippen molar-refractivity contribution in [1.29, 1.82) is 0 Å². The summed E-state index contributed by atoms with van der Waals surface area (Å²) in [5.74, 6) is -0.0190. The molecule has 0 aromatic heterocycles. The minimum absolute atomic E-state index is 0.0756. The molecule has 0 aliphatic carbocycles. The number of phenols is 1.